The SMILES string of the molecule is [2H]c1c([2H])c([2H])c(-c2nc(-n3c4ccccc4c4cc5ccccc5cc43)c3ccc(-c4ccccc4)cc3n2)c([2H])c1[2H].c1ccc(-c2ccc(-c3nc(-n4c5ccccc5c5cc6ccccc6cc54)c4ccc(-c5ccccc5)cc4n3)cc2)cc1.c1ccc(-c2ccc3c(-n4c5ccccc5c5cc6ccccc6cc54)nc(-c4ccccc4)nc3c2)cc1. The molecule has 0 aliphatic carbocycles. The van der Waals surface area contributed by atoms with Crippen LogP contribution in [-0.2, 0) is 0 Å². The van der Waals surface area contributed by atoms with Gasteiger partial charge in [-0.25, -0.2) is 29.9 Å². The van der Waals surface area contributed by atoms with Gasteiger partial charge in [0, 0.05) is 65.2 Å². The van der Waals surface area contributed by atoms with Crippen LogP contribution in [0.4, 0.5) is 0 Å². The Morgan fingerprint density at radius 2 is 0.407 bits per heavy atom. The van der Waals surface area contributed by atoms with Gasteiger partial charge in [0.25, 0.3) is 0 Å². The zero-order chi connectivity index (χ0) is 85.6. The molecule has 0 aliphatic heterocycles. The maximum absolute atomic E-state index is 8.70. The number of fused-ring (bicyclic) bond motifs is 15. The fourth-order valence-corrected chi connectivity index (χ4v) is 17.7. The summed E-state index contributed by atoms with van der Waals surface area (Å²) in [6.07, 6.45) is 0. The molecule has 19 aromatic carbocycles. The molecule has 6 heterocycles. The first-order chi connectivity index (χ1) is 63.0. The van der Waals surface area contributed by atoms with Gasteiger partial charge in [0.15, 0.2) is 17.5 Å². The molecule has 6 aromatic heterocycles. The van der Waals surface area contributed by atoms with Crippen LogP contribution >= 0.6 is 0 Å². The van der Waals surface area contributed by atoms with Gasteiger partial charge in [-0.2, -0.15) is 0 Å². The minimum atomic E-state index is -0.453. The first-order valence-electron chi connectivity index (χ1n) is 43.7. The smallest absolute Gasteiger partial charge is 0.162 e. The number of aromatic nitrogens is 9. The van der Waals surface area contributed by atoms with Crippen LogP contribution in [0.1, 0.15) is 6.85 Å². The molecule has 25 rings (SSSR count). The molecule has 0 spiro atoms. The molecule has 0 amide bonds. The Bertz CT molecular complexity index is 8710. The Hall–Kier alpha value is -16.6. The van der Waals surface area contributed by atoms with E-state index in [0.29, 0.717) is 17.2 Å². The molecule has 9 heteroatoms. The summed E-state index contributed by atoms with van der Waals surface area (Å²) in [7, 11) is 0. The molecule has 0 radical (unpaired) electrons. The highest BCUT2D eigenvalue weighted by Gasteiger charge is 2.24. The molecule has 0 atom stereocenters. The van der Waals surface area contributed by atoms with Crippen LogP contribution in [0.15, 0.2) is 443 Å². The van der Waals surface area contributed by atoms with Gasteiger partial charge in [-0.15, -0.1) is 0 Å². The Morgan fingerprint density at radius 1 is 0.163 bits per heavy atom. The number of nitrogens with zero attached hydrogens (tertiary/aromatic N) is 9. The molecule has 0 N–H and O–H groups in total. The zero-order valence-electron chi connectivity index (χ0n) is 71.3. The highest BCUT2D eigenvalue weighted by atomic mass is 15.1. The summed E-state index contributed by atoms with van der Waals surface area (Å²) in [6, 6.07) is 142. The van der Waals surface area contributed by atoms with E-state index in [1.165, 1.54) is 59.8 Å². The fourth-order valence-electron chi connectivity index (χ4n) is 17.7. The molecule has 0 saturated heterocycles. The van der Waals surface area contributed by atoms with Crippen molar-refractivity contribution in [1.29, 1.82) is 0 Å². The lowest BCUT2D eigenvalue weighted by molar-refractivity contribution is 1.08. The third-order valence-electron chi connectivity index (χ3n) is 23.6. The first kappa shape index (κ1) is 66.4. The standard InChI is InChI=1S/C42H27N3.2C36H23N3/c1-3-11-28(12-4-1)30-19-21-31(22-20-30)41-43-38-26-34(29-13-5-2-6-14-29)23-24-36(38)42(44-41)45-39-18-10-9-17-35(39)37-25-32-15-7-8-16-33(32)27-40(37)45;2*1-3-11-24(12-4-1)28-19-20-30-32(22-28)37-35(25-13-5-2-6-14-25)38-36(30)39-33-18-10-9-17-29(33)31-21-26-15-7-8-16-27(26)23-34(31)39/h1-27H;2*1-23H/i;2D,5D,6D,13D,14D;. The predicted octanol–water partition coefficient (Wildman–Crippen LogP) is 29.3. The van der Waals surface area contributed by atoms with Gasteiger partial charge < -0.3 is 0 Å². The van der Waals surface area contributed by atoms with Crippen LogP contribution in [0.25, 0.3) is 227 Å². The highest BCUT2D eigenvalue weighted by molar-refractivity contribution is 6.18. The third-order valence-corrected chi connectivity index (χ3v) is 23.6. The van der Waals surface area contributed by atoms with Crippen molar-refractivity contribution in [1.82, 2.24) is 43.6 Å². The largest absolute Gasteiger partial charge is 0.293 e. The van der Waals surface area contributed by atoms with E-state index in [-0.39, 0.29) is 23.5 Å². The molecular formula is C114H73N9. The first-order valence-corrected chi connectivity index (χ1v) is 41.2. The maximum Gasteiger partial charge on any atom is 0.162 e. The van der Waals surface area contributed by atoms with Gasteiger partial charge in [-0.1, -0.05) is 352 Å². The average Bonchev–Trinajstić information content (AvgIpc) is 1.57. The van der Waals surface area contributed by atoms with Crippen molar-refractivity contribution in [2.45, 2.75) is 0 Å². The second-order valence-electron chi connectivity index (χ2n) is 30.9. The normalized spacial score (nSPS) is 12.1. The Balaban J connectivity index is 0.000000110. The van der Waals surface area contributed by atoms with Gasteiger partial charge in [-0.3, -0.25) is 13.7 Å². The van der Waals surface area contributed by atoms with Crippen LogP contribution in [0.5, 0.6) is 0 Å². The van der Waals surface area contributed by atoms with Crippen LogP contribution in [0, 0.1) is 0 Å². The van der Waals surface area contributed by atoms with E-state index in [9.17, 15) is 0 Å². The minimum Gasteiger partial charge on any atom is -0.293 e. The van der Waals surface area contributed by atoms with Crippen LogP contribution in [0.2, 0.25) is 0 Å². The molecule has 25 aromatic rings. The lowest BCUT2D eigenvalue weighted by Crippen LogP contribution is -2.03. The fraction of sp³-hybridized carbons (Fsp3) is 0. The lowest BCUT2D eigenvalue weighted by Gasteiger charge is -2.14. The monoisotopic (exact) mass is 1570 g/mol. The average molecular weight is 1570 g/mol. The van der Waals surface area contributed by atoms with Gasteiger partial charge in [-0.05, 0) is 168 Å². The Kier molecular flexibility index (Phi) is 16.4. The van der Waals surface area contributed by atoms with Crippen molar-refractivity contribution in [3.63, 3.8) is 0 Å². The summed E-state index contributed by atoms with van der Waals surface area (Å²) in [5.74, 6) is 3.83. The molecule has 0 aliphatic rings. The molecule has 0 unspecified atom stereocenters. The van der Waals surface area contributed by atoms with Crippen LogP contribution in [-0.4, -0.2) is 43.6 Å². The van der Waals surface area contributed by atoms with E-state index in [4.69, 9.17) is 36.8 Å². The van der Waals surface area contributed by atoms with Gasteiger partial charge in [0.1, 0.15) is 17.5 Å². The van der Waals surface area contributed by atoms with Crippen molar-refractivity contribution < 1.29 is 6.85 Å². The zero-order valence-corrected chi connectivity index (χ0v) is 66.3. The minimum absolute atomic E-state index is 0.0320. The molecular weight excluding hydrogens is 1500 g/mol. The number of hydrogen-bond donors (Lipinski definition) is 0. The number of para-hydroxylation sites is 3. The van der Waals surface area contributed by atoms with Gasteiger partial charge >= 0.3 is 0 Å². The summed E-state index contributed by atoms with van der Waals surface area (Å²) in [6.45, 7) is 0. The molecule has 574 valence electrons. The van der Waals surface area contributed by atoms with Crippen molar-refractivity contribution in [2.24, 2.45) is 0 Å². The van der Waals surface area contributed by atoms with Crippen molar-refractivity contribution >= 4 is 130 Å². The topological polar surface area (TPSA) is 92.1 Å². The van der Waals surface area contributed by atoms with E-state index >= 15 is 0 Å². The second kappa shape index (κ2) is 30.4. The van der Waals surface area contributed by atoms with E-state index in [1.807, 2.05) is 109 Å². The molecule has 0 fully saturated rings. The lowest BCUT2D eigenvalue weighted by atomic mass is 10.0. The predicted molar refractivity (Wildman–Crippen MR) is 512 cm³/mol. The Morgan fingerprint density at radius 3 is 0.740 bits per heavy atom. The van der Waals surface area contributed by atoms with E-state index in [0.717, 1.165) is 138 Å². The summed E-state index contributed by atoms with van der Waals surface area (Å²) in [5.41, 5.74) is 19.7. The summed E-state index contributed by atoms with van der Waals surface area (Å²) >= 11 is 0. The quantitative estimate of drug-likeness (QED) is 0.135. The molecule has 0 saturated carbocycles. The van der Waals surface area contributed by atoms with Crippen molar-refractivity contribution in [3.05, 3.63) is 443 Å². The molecule has 0 bridgehead atoms. The summed E-state index contributed by atoms with van der Waals surface area (Å²) in [5, 5.41) is 16.9. The second-order valence-corrected chi connectivity index (χ2v) is 30.9. The molecule has 123 heavy (non-hydrogen) atoms. The van der Waals surface area contributed by atoms with Gasteiger partial charge in [0.2, 0.25) is 0 Å². The summed E-state index contributed by atoms with van der Waals surface area (Å²) < 4.78 is 48.9. The van der Waals surface area contributed by atoms with Gasteiger partial charge in [0.05, 0.1) is 56.5 Å². The Labute approximate surface area is 715 Å². The van der Waals surface area contributed by atoms with E-state index in [2.05, 4.69) is 317 Å². The third kappa shape index (κ3) is 13.0. The van der Waals surface area contributed by atoms with Crippen molar-refractivity contribution in [3.8, 4) is 96.1 Å². The number of rotatable bonds is 10. The molecule has 9 nitrogen and oxygen atoms in total. The van der Waals surface area contributed by atoms with E-state index < -0.39 is 18.1 Å². The highest BCUT2D eigenvalue weighted by Crippen LogP contribution is 2.43. The summed E-state index contributed by atoms with van der Waals surface area (Å²) in [4.78, 5) is 30.7. The number of hydrogen-bond acceptors (Lipinski definition) is 6. The van der Waals surface area contributed by atoms with Crippen LogP contribution < -0.4 is 0 Å². The number of benzene rings is 19. The maximum atomic E-state index is 8.70. The van der Waals surface area contributed by atoms with Crippen molar-refractivity contribution in [2.75, 3.05) is 0 Å². The van der Waals surface area contributed by atoms with Crippen LogP contribution in [0.3, 0.4) is 0 Å². The van der Waals surface area contributed by atoms with E-state index in [1.54, 1.807) is 0 Å².